The average molecular weight is 217 g/mol. The van der Waals surface area contributed by atoms with E-state index in [-0.39, 0.29) is 11.9 Å². The summed E-state index contributed by atoms with van der Waals surface area (Å²) in [6.45, 7) is 3.92. The Morgan fingerprint density at radius 1 is 1.31 bits per heavy atom. The van der Waals surface area contributed by atoms with Crippen LogP contribution in [-0.2, 0) is 4.79 Å². The second kappa shape index (κ2) is 4.43. The lowest BCUT2D eigenvalue weighted by atomic mass is 10.1. The number of hydrogen-bond donors (Lipinski definition) is 0. The number of hydrazone groups is 1. The molecule has 0 atom stereocenters. The Morgan fingerprint density at radius 3 is 2.75 bits per heavy atom. The maximum atomic E-state index is 11.6. The van der Waals surface area contributed by atoms with Crippen molar-refractivity contribution >= 4 is 11.6 Å². The van der Waals surface area contributed by atoms with E-state index < -0.39 is 0 Å². The molecule has 0 saturated heterocycles. The van der Waals surface area contributed by atoms with Crippen molar-refractivity contribution in [1.82, 2.24) is 9.99 Å². The molecule has 4 heteroatoms. The predicted octanol–water partition coefficient (Wildman–Crippen LogP) is 1.82. The van der Waals surface area contributed by atoms with E-state index in [1.54, 1.807) is 11.2 Å². The van der Waals surface area contributed by atoms with E-state index in [9.17, 15) is 4.79 Å². The molecule has 0 saturated carbocycles. The second-order valence-electron chi connectivity index (χ2n) is 4.09. The lowest BCUT2D eigenvalue weighted by Crippen LogP contribution is -2.37. The fourth-order valence-corrected chi connectivity index (χ4v) is 1.69. The molecule has 1 aromatic rings. The summed E-state index contributed by atoms with van der Waals surface area (Å²) >= 11 is 0. The summed E-state index contributed by atoms with van der Waals surface area (Å²) < 4.78 is 0. The van der Waals surface area contributed by atoms with Crippen molar-refractivity contribution < 1.29 is 4.79 Å². The zero-order chi connectivity index (χ0) is 11.5. The molecule has 0 aromatic carbocycles. The maximum Gasteiger partial charge on any atom is 0.243 e. The number of aromatic nitrogens is 1. The van der Waals surface area contributed by atoms with Crippen LogP contribution in [0.4, 0.5) is 0 Å². The Kier molecular flexibility index (Phi) is 2.99. The van der Waals surface area contributed by atoms with Crippen molar-refractivity contribution in [3.8, 4) is 0 Å². The van der Waals surface area contributed by atoms with Gasteiger partial charge in [-0.1, -0.05) is 6.07 Å². The largest absolute Gasteiger partial charge is 0.273 e. The summed E-state index contributed by atoms with van der Waals surface area (Å²) in [4.78, 5) is 15.9. The Balaban J connectivity index is 2.30. The number of amides is 1. The zero-order valence-electron chi connectivity index (χ0n) is 9.55. The average Bonchev–Trinajstić information content (AvgIpc) is 2.30. The smallest absolute Gasteiger partial charge is 0.243 e. The fraction of sp³-hybridized carbons (Fsp3) is 0.417. The molecule has 2 heterocycles. The third-order valence-corrected chi connectivity index (χ3v) is 2.51. The minimum absolute atomic E-state index is 0.0923. The van der Waals surface area contributed by atoms with Crippen LogP contribution < -0.4 is 0 Å². The number of pyridine rings is 1. The molecule has 0 spiro atoms. The molecule has 4 nitrogen and oxygen atoms in total. The highest BCUT2D eigenvalue weighted by Gasteiger charge is 2.23. The van der Waals surface area contributed by atoms with Gasteiger partial charge in [-0.25, -0.2) is 5.01 Å². The van der Waals surface area contributed by atoms with E-state index in [4.69, 9.17) is 0 Å². The van der Waals surface area contributed by atoms with Gasteiger partial charge in [-0.15, -0.1) is 0 Å². The van der Waals surface area contributed by atoms with Crippen LogP contribution in [0.15, 0.2) is 29.5 Å². The van der Waals surface area contributed by atoms with Gasteiger partial charge in [-0.05, 0) is 26.0 Å². The minimum atomic E-state index is 0.0923. The standard InChI is InChI=1S/C12H15N3O/c1-9(2)15-12(16)7-6-11(14-15)10-5-3-4-8-13-10/h3-5,8-9H,6-7H2,1-2H3. The number of nitrogens with zero attached hydrogens (tertiary/aromatic N) is 3. The van der Waals surface area contributed by atoms with E-state index in [1.807, 2.05) is 32.0 Å². The van der Waals surface area contributed by atoms with Crippen LogP contribution >= 0.6 is 0 Å². The van der Waals surface area contributed by atoms with E-state index in [2.05, 4.69) is 10.1 Å². The summed E-state index contributed by atoms with van der Waals surface area (Å²) in [5.74, 6) is 0.0923. The summed E-state index contributed by atoms with van der Waals surface area (Å²) in [5, 5.41) is 5.92. The summed E-state index contributed by atoms with van der Waals surface area (Å²) in [5.41, 5.74) is 1.76. The van der Waals surface area contributed by atoms with Crippen LogP contribution in [0.3, 0.4) is 0 Å². The highest BCUT2D eigenvalue weighted by Crippen LogP contribution is 2.15. The van der Waals surface area contributed by atoms with Gasteiger partial charge in [0.05, 0.1) is 11.4 Å². The molecule has 0 bridgehead atoms. The Labute approximate surface area is 95.0 Å². The quantitative estimate of drug-likeness (QED) is 0.758. The number of carbonyl (C=O) groups is 1. The van der Waals surface area contributed by atoms with Gasteiger partial charge >= 0.3 is 0 Å². The molecular weight excluding hydrogens is 202 g/mol. The molecule has 0 N–H and O–H groups in total. The van der Waals surface area contributed by atoms with Gasteiger partial charge in [0.1, 0.15) is 0 Å². The number of rotatable bonds is 2. The molecule has 1 aliphatic heterocycles. The van der Waals surface area contributed by atoms with E-state index in [1.165, 1.54) is 0 Å². The molecule has 0 radical (unpaired) electrons. The Hall–Kier alpha value is -1.71. The third kappa shape index (κ3) is 2.10. The fourth-order valence-electron chi connectivity index (χ4n) is 1.69. The van der Waals surface area contributed by atoms with Crippen LogP contribution in [0, 0.1) is 0 Å². The molecular formula is C12H15N3O. The Bertz CT molecular complexity index is 412. The second-order valence-corrected chi connectivity index (χ2v) is 4.09. The van der Waals surface area contributed by atoms with Crippen molar-refractivity contribution in [1.29, 1.82) is 0 Å². The highest BCUT2D eigenvalue weighted by atomic mass is 16.2. The topological polar surface area (TPSA) is 45.6 Å². The first-order chi connectivity index (χ1) is 7.68. The van der Waals surface area contributed by atoms with Gasteiger partial charge in [-0.2, -0.15) is 5.10 Å². The summed E-state index contributed by atoms with van der Waals surface area (Å²) in [6, 6.07) is 5.83. The van der Waals surface area contributed by atoms with Crippen molar-refractivity contribution in [3.05, 3.63) is 30.1 Å². The normalized spacial score (nSPS) is 16.6. The first-order valence-electron chi connectivity index (χ1n) is 5.49. The molecule has 0 unspecified atom stereocenters. The molecule has 0 aliphatic carbocycles. The lowest BCUT2D eigenvalue weighted by molar-refractivity contribution is -0.133. The molecule has 0 fully saturated rings. The Morgan fingerprint density at radius 2 is 2.12 bits per heavy atom. The van der Waals surface area contributed by atoms with Crippen molar-refractivity contribution in [2.45, 2.75) is 32.7 Å². The molecule has 16 heavy (non-hydrogen) atoms. The number of carbonyl (C=O) groups excluding carboxylic acids is 1. The van der Waals surface area contributed by atoms with Gasteiger partial charge in [0.2, 0.25) is 5.91 Å². The van der Waals surface area contributed by atoms with Crippen LogP contribution in [0.25, 0.3) is 0 Å². The van der Waals surface area contributed by atoms with Gasteiger partial charge < -0.3 is 0 Å². The zero-order valence-corrected chi connectivity index (χ0v) is 9.55. The lowest BCUT2D eigenvalue weighted by Gasteiger charge is -2.26. The molecule has 84 valence electrons. The molecule has 1 aliphatic rings. The van der Waals surface area contributed by atoms with E-state index in [0.29, 0.717) is 12.8 Å². The van der Waals surface area contributed by atoms with Crippen LogP contribution in [0.1, 0.15) is 32.4 Å². The highest BCUT2D eigenvalue weighted by molar-refractivity contribution is 6.02. The van der Waals surface area contributed by atoms with Crippen LogP contribution in [-0.4, -0.2) is 27.7 Å². The van der Waals surface area contributed by atoms with Crippen molar-refractivity contribution in [2.24, 2.45) is 5.10 Å². The van der Waals surface area contributed by atoms with Gasteiger partial charge in [-0.3, -0.25) is 9.78 Å². The number of hydrogen-bond acceptors (Lipinski definition) is 3. The van der Waals surface area contributed by atoms with E-state index >= 15 is 0 Å². The monoisotopic (exact) mass is 217 g/mol. The maximum absolute atomic E-state index is 11.6. The van der Waals surface area contributed by atoms with E-state index in [0.717, 1.165) is 11.4 Å². The van der Waals surface area contributed by atoms with Gasteiger partial charge in [0.25, 0.3) is 0 Å². The SMILES string of the molecule is CC(C)N1N=C(c2ccccn2)CCC1=O. The molecule has 2 rings (SSSR count). The van der Waals surface area contributed by atoms with Gasteiger partial charge in [0.15, 0.2) is 0 Å². The molecule has 1 amide bonds. The first kappa shape index (κ1) is 10.8. The van der Waals surface area contributed by atoms with Gasteiger partial charge in [0, 0.05) is 25.1 Å². The van der Waals surface area contributed by atoms with Crippen molar-refractivity contribution in [2.75, 3.05) is 0 Å². The summed E-state index contributed by atoms with van der Waals surface area (Å²) in [6.07, 6.45) is 2.95. The van der Waals surface area contributed by atoms with Crippen LogP contribution in [0.2, 0.25) is 0 Å². The summed E-state index contributed by atoms with van der Waals surface area (Å²) in [7, 11) is 0. The van der Waals surface area contributed by atoms with Crippen molar-refractivity contribution in [3.63, 3.8) is 0 Å². The molecule has 1 aromatic heterocycles. The minimum Gasteiger partial charge on any atom is -0.273 e. The predicted molar refractivity (Wildman–Crippen MR) is 62.0 cm³/mol. The first-order valence-corrected chi connectivity index (χ1v) is 5.49. The third-order valence-electron chi connectivity index (χ3n) is 2.51. The van der Waals surface area contributed by atoms with Crippen LogP contribution in [0.5, 0.6) is 0 Å².